The SMILES string of the molecule is Cc1noc(C)c1CCc1nc(-c2ccccc2)nn1C1CCOC1. The summed E-state index contributed by atoms with van der Waals surface area (Å²) in [5.41, 5.74) is 3.16. The van der Waals surface area contributed by atoms with E-state index in [-0.39, 0.29) is 6.04 Å². The van der Waals surface area contributed by atoms with Crippen LogP contribution in [0.1, 0.15) is 35.3 Å². The highest BCUT2D eigenvalue weighted by Crippen LogP contribution is 2.24. The van der Waals surface area contributed by atoms with E-state index in [9.17, 15) is 0 Å². The Balaban J connectivity index is 1.64. The molecule has 0 radical (unpaired) electrons. The Hall–Kier alpha value is -2.47. The van der Waals surface area contributed by atoms with Gasteiger partial charge in [-0.25, -0.2) is 9.67 Å². The monoisotopic (exact) mass is 338 g/mol. The van der Waals surface area contributed by atoms with Gasteiger partial charge in [-0.1, -0.05) is 35.5 Å². The summed E-state index contributed by atoms with van der Waals surface area (Å²) in [6.07, 6.45) is 2.64. The Bertz CT molecular complexity index is 828. The Labute approximate surface area is 146 Å². The van der Waals surface area contributed by atoms with E-state index in [0.29, 0.717) is 6.61 Å². The minimum atomic E-state index is 0.268. The molecule has 0 spiro atoms. The van der Waals surface area contributed by atoms with Gasteiger partial charge in [0.15, 0.2) is 5.82 Å². The molecule has 6 nitrogen and oxygen atoms in total. The van der Waals surface area contributed by atoms with Gasteiger partial charge in [0.05, 0.1) is 18.3 Å². The van der Waals surface area contributed by atoms with Gasteiger partial charge in [-0.3, -0.25) is 0 Å². The van der Waals surface area contributed by atoms with Crippen LogP contribution in [0, 0.1) is 13.8 Å². The molecule has 1 saturated heterocycles. The van der Waals surface area contributed by atoms with Crippen LogP contribution in [0.15, 0.2) is 34.9 Å². The molecule has 25 heavy (non-hydrogen) atoms. The molecular formula is C19H22N4O2. The highest BCUT2D eigenvalue weighted by molar-refractivity contribution is 5.54. The summed E-state index contributed by atoms with van der Waals surface area (Å²) in [4.78, 5) is 4.83. The molecule has 1 aliphatic rings. The van der Waals surface area contributed by atoms with Gasteiger partial charge in [-0.15, -0.1) is 0 Å². The zero-order chi connectivity index (χ0) is 17.2. The maximum atomic E-state index is 5.56. The number of aryl methyl sites for hydroxylation is 3. The molecule has 1 fully saturated rings. The van der Waals surface area contributed by atoms with Crippen molar-refractivity contribution in [3.63, 3.8) is 0 Å². The summed E-state index contributed by atoms with van der Waals surface area (Å²) >= 11 is 0. The van der Waals surface area contributed by atoms with Gasteiger partial charge in [0.2, 0.25) is 0 Å². The fourth-order valence-corrected chi connectivity index (χ4v) is 3.34. The number of rotatable bonds is 5. The maximum absolute atomic E-state index is 5.56. The average Bonchev–Trinajstić information content (AvgIpc) is 3.35. The van der Waals surface area contributed by atoms with Crippen molar-refractivity contribution in [2.24, 2.45) is 0 Å². The lowest BCUT2D eigenvalue weighted by Crippen LogP contribution is -2.14. The van der Waals surface area contributed by atoms with Crippen LogP contribution in [0.5, 0.6) is 0 Å². The van der Waals surface area contributed by atoms with E-state index < -0.39 is 0 Å². The first-order chi connectivity index (χ1) is 12.2. The van der Waals surface area contributed by atoms with Crippen molar-refractivity contribution in [1.29, 1.82) is 0 Å². The van der Waals surface area contributed by atoms with E-state index >= 15 is 0 Å². The lowest BCUT2D eigenvalue weighted by Gasteiger charge is -2.11. The summed E-state index contributed by atoms with van der Waals surface area (Å²) in [5, 5.41) is 8.84. The van der Waals surface area contributed by atoms with Gasteiger partial charge in [-0.05, 0) is 26.7 Å². The van der Waals surface area contributed by atoms with E-state index in [0.717, 1.165) is 54.5 Å². The van der Waals surface area contributed by atoms with Gasteiger partial charge in [0, 0.05) is 24.2 Å². The topological polar surface area (TPSA) is 66.0 Å². The van der Waals surface area contributed by atoms with Crippen molar-refractivity contribution >= 4 is 0 Å². The van der Waals surface area contributed by atoms with Gasteiger partial charge in [0.25, 0.3) is 0 Å². The summed E-state index contributed by atoms with van der Waals surface area (Å²) < 4.78 is 12.9. The minimum Gasteiger partial charge on any atom is -0.379 e. The molecule has 0 N–H and O–H groups in total. The van der Waals surface area contributed by atoms with Crippen LogP contribution in [0.2, 0.25) is 0 Å². The third kappa shape index (κ3) is 3.22. The summed E-state index contributed by atoms with van der Waals surface area (Å²) in [7, 11) is 0. The second-order valence-corrected chi connectivity index (χ2v) is 6.48. The fourth-order valence-electron chi connectivity index (χ4n) is 3.34. The number of ether oxygens (including phenoxy) is 1. The van der Waals surface area contributed by atoms with Crippen molar-refractivity contribution in [2.45, 2.75) is 39.2 Å². The second-order valence-electron chi connectivity index (χ2n) is 6.48. The zero-order valence-corrected chi connectivity index (χ0v) is 14.6. The van der Waals surface area contributed by atoms with Crippen LogP contribution < -0.4 is 0 Å². The molecule has 1 atom stereocenters. The molecule has 3 aromatic rings. The predicted octanol–water partition coefficient (Wildman–Crippen LogP) is 3.30. The number of nitrogens with zero attached hydrogens (tertiary/aromatic N) is 4. The molecule has 3 heterocycles. The molecule has 4 rings (SSSR count). The van der Waals surface area contributed by atoms with Crippen molar-refractivity contribution < 1.29 is 9.26 Å². The number of aromatic nitrogens is 4. The van der Waals surface area contributed by atoms with E-state index in [4.69, 9.17) is 19.3 Å². The molecule has 0 bridgehead atoms. The molecule has 130 valence electrons. The quantitative estimate of drug-likeness (QED) is 0.714. The first-order valence-corrected chi connectivity index (χ1v) is 8.72. The molecule has 0 saturated carbocycles. The van der Waals surface area contributed by atoms with Crippen LogP contribution in [0.25, 0.3) is 11.4 Å². The average molecular weight is 338 g/mol. The standard InChI is InChI=1S/C19H22N4O2/c1-13-17(14(2)25-22-13)8-9-18-20-19(15-6-4-3-5-7-15)21-23(18)16-10-11-24-12-16/h3-7,16H,8-12H2,1-2H3. The Morgan fingerprint density at radius 2 is 2.00 bits per heavy atom. The van der Waals surface area contributed by atoms with Crippen molar-refractivity contribution in [1.82, 2.24) is 19.9 Å². The van der Waals surface area contributed by atoms with Crippen molar-refractivity contribution in [3.8, 4) is 11.4 Å². The van der Waals surface area contributed by atoms with Gasteiger partial charge >= 0.3 is 0 Å². The van der Waals surface area contributed by atoms with Gasteiger partial charge in [0.1, 0.15) is 11.6 Å². The molecule has 1 aromatic carbocycles. The Kier molecular flexibility index (Phi) is 4.36. The van der Waals surface area contributed by atoms with Crippen LogP contribution in [-0.2, 0) is 17.6 Å². The van der Waals surface area contributed by atoms with E-state index in [1.807, 2.05) is 44.2 Å². The number of benzene rings is 1. The lowest BCUT2D eigenvalue weighted by atomic mass is 10.1. The lowest BCUT2D eigenvalue weighted by molar-refractivity contribution is 0.184. The molecule has 6 heteroatoms. The summed E-state index contributed by atoms with van der Waals surface area (Å²) in [5.74, 6) is 2.66. The highest BCUT2D eigenvalue weighted by atomic mass is 16.5. The molecule has 2 aromatic heterocycles. The summed E-state index contributed by atoms with van der Waals surface area (Å²) in [6.45, 7) is 5.43. The predicted molar refractivity (Wildman–Crippen MR) is 93.3 cm³/mol. The minimum absolute atomic E-state index is 0.268. The van der Waals surface area contributed by atoms with Crippen LogP contribution >= 0.6 is 0 Å². The van der Waals surface area contributed by atoms with Crippen molar-refractivity contribution in [2.75, 3.05) is 13.2 Å². The van der Waals surface area contributed by atoms with E-state index in [1.54, 1.807) is 0 Å². The number of hydrogen-bond donors (Lipinski definition) is 0. The molecule has 1 aliphatic heterocycles. The first-order valence-electron chi connectivity index (χ1n) is 8.72. The normalized spacial score (nSPS) is 17.3. The van der Waals surface area contributed by atoms with E-state index in [1.165, 1.54) is 5.56 Å². The summed E-state index contributed by atoms with van der Waals surface area (Å²) in [6, 6.07) is 10.4. The second kappa shape index (κ2) is 6.80. The first kappa shape index (κ1) is 16.0. The molecule has 0 amide bonds. The van der Waals surface area contributed by atoms with Crippen molar-refractivity contribution in [3.05, 3.63) is 53.2 Å². The van der Waals surface area contributed by atoms with Gasteiger partial charge < -0.3 is 9.26 Å². The molecular weight excluding hydrogens is 316 g/mol. The molecule has 0 aliphatic carbocycles. The Morgan fingerprint density at radius 3 is 2.68 bits per heavy atom. The Morgan fingerprint density at radius 1 is 1.16 bits per heavy atom. The smallest absolute Gasteiger partial charge is 0.181 e. The highest BCUT2D eigenvalue weighted by Gasteiger charge is 2.23. The van der Waals surface area contributed by atoms with Crippen LogP contribution in [0.4, 0.5) is 0 Å². The third-order valence-corrected chi connectivity index (χ3v) is 4.77. The fraction of sp³-hybridized carbons (Fsp3) is 0.421. The maximum Gasteiger partial charge on any atom is 0.181 e. The van der Waals surface area contributed by atoms with Gasteiger partial charge in [-0.2, -0.15) is 5.10 Å². The third-order valence-electron chi connectivity index (χ3n) is 4.77. The van der Waals surface area contributed by atoms with Crippen LogP contribution in [-0.4, -0.2) is 33.1 Å². The molecule has 1 unspecified atom stereocenters. The number of hydrogen-bond acceptors (Lipinski definition) is 5. The van der Waals surface area contributed by atoms with Crippen LogP contribution in [0.3, 0.4) is 0 Å². The van der Waals surface area contributed by atoms with E-state index in [2.05, 4.69) is 9.84 Å². The largest absolute Gasteiger partial charge is 0.379 e. The zero-order valence-electron chi connectivity index (χ0n) is 14.6.